The Balaban J connectivity index is 1.78. The zero-order valence-electron chi connectivity index (χ0n) is 11.5. The van der Waals surface area contributed by atoms with Crippen molar-refractivity contribution in [1.82, 2.24) is 4.90 Å². The van der Waals surface area contributed by atoms with Gasteiger partial charge in [0.05, 0.1) is 11.4 Å². The molecule has 1 saturated heterocycles. The van der Waals surface area contributed by atoms with E-state index in [1.807, 2.05) is 24.1 Å². The van der Waals surface area contributed by atoms with Gasteiger partial charge in [0.15, 0.2) is 0 Å². The van der Waals surface area contributed by atoms with Crippen LogP contribution >= 0.6 is 23.5 Å². The number of phenols is 1. The molecule has 3 rings (SSSR count). The summed E-state index contributed by atoms with van der Waals surface area (Å²) in [4.78, 5) is 17.8. The zero-order valence-corrected chi connectivity index (χ0v) is 13.1. The summed E-state index contributed by atoms with van der Waals surface area (Å²) in [5.41, 5.74) is 0.755. The Hall–Kier alpha value is -1.18. The van der Waals surface area contributed by atoms with Gasteiger partial charge in [0.25, 0.3) is 0 Å². The van der Waals surface area contributed by atoms with Gasteiger partial charge in [0.2, 0.25) is 0 Å². The fourth-order valence-electron chi connectivity index (χ4n) is 2.57. The number of thioether (sulfide) groups is 2. The van der Waals surface area contributed by atoms with Gasteiger partial charge in [0, 0.05) is 17.1 Å². The van der Waals surface area contributed by atoms with Crippen molar-refractivity contribution in [2.45, 2.75) is 17.5 Å². The monoisotopic (exact) mass is 324 g/mol. The van der Waals surface area contributed by atoms with Gasteiger partial charge in [-0.15, -0.1) is 23.5 Å². The second kappa shape index (κ2) is 5.90. The third-order valence-electron chi connectivity index (χ3n) is 3.74. The first-order valence-electron chi connectivity index (χ1n) is 6.63. The van der Waals surface area contributed by atoms with Gasteiger partial charge in [-0.05, 0) is 19.2 Å². The number of hydrogen-bond acceptors (Lipinski definition) is 6. The van der Waals surface area contributed by atoms with Gasteiger partial charge in [-0.2, -0.15) is 0 Å². The summed E-state index contributed by atoms with van der Waals surface area (Å²) in [6, 6.07) is 6.80. The second-order valence-corrected chi connectivity index (χ2v) is 7.23. The molecular formula is C14H16N2O3S2. The van der Waals surface area contributed by atoms with Crippen LogP contribution in [0.25, 0.3) is 0 Å². The molecule has 0 saturated carbocycles. The van der Waals surface area contributed by atoms with Crippen LogP contribution in [0.1, 0.15) is 5.56 Å². The molecule has 21 heavy (non-hydrogen) atoms. The molecule has 7 heteroatoms. The molecule has 0 spiro atoms. The number of carboxylic acids is 1. The topological polar surface area (TPSA) is 73.1 Å². The Morgan fingerprint density at radius 2 is 2.14 bits per heavy atom. The lowest BCUT2D eigenvalue weighted by Gasteiger charge is -2.24. The summed E-state index contributed by atoms with van der Waals surface area (Å²) in [5.74, 6) is 0.875. The highest BCUT2D eigenvalue weighted by molar-refractivity contribution is 8.14. The van der Waals surface area contributed by atoms with Crippen LogP contribution in [0.4, 0.5) is 0 Å². The van der Waals surface area contributed by atoms with Crippen molar-refractivity contribution < 1.29 is 15.0 Å². The second-order valence-electron chi connectivity index (χ2n) is 5.07. The maximum absolute atomic E-state index is 11.2. The number of hydrogen-bond donors (Lipinski definition) is 2. The Labute approximate surface area is 131 Å². The molecule has 2 aliphatic rings. The molecule has 112 valence electrons. The van der Waals surface area contributed by atoms with E-state index in [1.165, 1.54) is 0 Å². The molecular weight excluding hydrogens is 308 g/mol. The number of aromatic hydroxyl groups is 1. The normalized spacial score (nSPS) is 29.6. The third kappa shape index (κ3) is 2.77. The van der Waals surface area contributed by atoms with E-state index in [1.54, 1.807) is 35.7 Å². The zero-order chi connectivity index (χ0) is 15.0. The van der Waals surface area contributed by atoms with Gasteiger partial charge < -0.3 is 10.2 Å². The van der Waals surface area contributed by atoms with E-state index in [4.69, 9.17) is 4.99 Å². The average Bonchev–Trinajstić information content (AvgIpc) is 3.05. The molecule has 0 aromatic heterocycles. The molecule has 3 atom stereocenters. The van der Waals surface area contributed by atoms with E-state index in [0.29, 0.717) is 5.75 Å². The van der Waals surface area contributed by atoms with E-state index >= 15 is 0 Å². The minimum absolute atomic E-state index is 0.0592. The van der Waals surface area contributed by atoms with Gasteiger partial charge >= 0.3 is 5.97 Å². The minimum atomic E-state index is -0.775. The van der Waals surface area contributed by atoms with E-state index in [2.05, 4.69) is 0 Å². The lowest BCUT2D eigenvalue weighted by molar-refractivity contribution is -0.141. The van der Waals surface area contributed by atoms with Crippen LogP contribution in [0.2, 0.25) is 0 Å². The van der Waals surface area contributed by atoms with E-state index in [9.17, 15) is 15.0 Å². The highest BCUT2D eigenvalue weighted by atomic mass is 32.2. The summed E-state index contributed by atoms with van der Waals surface area (Å²) in [7, 11) is 1.85. The van der Waals surface area contributed by atoms with Crippen molar-refractivity contribution in [2.75, 3.05) is 18.6 Å². The van der Waals surface area contributed by atoms with E-state index in [-0.39, 0.29) is 17.2 Å². The van der Waals surface area contributed by atoms with Crippen LogP contribution in [0.15, 0.2) is 29.3 Å². The molecule has 0 bridgehead atoms. The number of likely N-dealkylation sites (N-methyl/N-ethyl adjacent to an activating group) is 1. The van der Waals surface area contributed by atoms with Crippen LogP contribution < -0.4 is 0 Å². The first kappa shape index (κ1) is 14.7. The van der Waals surface area contributed by atoms with Gasteiger partial charge in [-0.1, -0.05) is 12.1 Å². The summed E-state index contributed by atoms with van der Waals surface area (Å²) >= 11 is 3.27. The Kier molecular flexibility index (Phi) is 4.14. The molecule has 2 aliphatic heterocycles. The van der Waals surface area contributed by atoms with Crippen LogP contribution in [0, 0.1) is 0 Å². The first-order chi connectivity index (χ1) is 10.1. The molecule has 0 amide bonds. The molecule has 0 unspecified atom stereocenters. The van der Waals surface area contributed by atoms with Crippen molar-refractivity contribution in [1.29, 1.82) is 0 Å². The standard InChI is InChI=1S/C14H16N2O3S2/c1-16-10(14(18)19)7-21-13(16)9-6-20-12(15-9)8-4-2-3-5-11(8)17/h2-5,9-10,13,17H,6-7H2,1H3,(H,18,19)/t9-,10-,13-/m0/s1. The maximum atomic E-state index is 11.2. The lowest BCUT2D eigenvalue weighted by atomic mass is 10.2. The van der Waals surface area contributed by atoms with Crippen LogP contribution in [0.5, 0.6) is 5.75 Å². The van der Waals surface area contributed by atoms with Crippen molar-refractivity contribution >= 4 is 34.5 Å². The van der Waals surface area contributed by atoms with Gasteiger partial charge in [-0.3, -0.25) is 14.7 Å². The Morgan fingerprint density at radius 1 is 1.38 bits per heavy atom. The third-order valence-corrected chi connectivity index (χ3v) is 6.34. The van der Waals surface area contributed by atoms with Crippen LogP contribution in [-0.4, -0.2) is 62.1 Å². The number of benzene rings is 1. The summed E-state index contributed by atoms with van der Waals surface area (Å²) in [6.45, 7) is 0. The molecule has 0 aliphatic carbocycles. The van der Waals surface area contributed by atoms with E-state index < -0.39 is 12.0 Å². The fourth-order valence-corrected chi connectivity index (χ4v) is 5.33. The highest BCUT2D eigenvalue weighted by Gasteiger charge is 2.41. The average molecular weight is 324 g/mol. The molecule has 5 nitrogen and oxygen atoms in total. The Morgan fingerprint density at radius 3 is 2.81 bits per heavy atom. The highest BCUT2D eigenvalue weighted by Crippen LogP contribution is 2.37. The van der Waals surface area contributed by atoms with Gasteiger partial charge in [-0.25, -0.2) is 0 Å². The number of carbonyl (C=O) groups is 1. The van der Waals surface area contributed by atoms with Crippen molar-refractivity contribution in [3.05, 3.63) is 29.8 Å². The van der Waals surface area contributed by atoms with Crippen molar-refractivity contribution in [2.24, 2.45) is 4.99 Å². The lowest BCUT2D eigenvalue weighted by Crippen LogP contribution is -2.42. The van der Waals surface area contributed by atoms with Gasteiger partial charge in [0.1, 0.15) is 16.8 Å². The predicted octanol–water partition coefficient (Wildman–Crippen LogP) is 1.71. The van der Waals surface area contributed by atoms with Crippen molar-refractivity contribution in [3.8, 4) is 5.75 Å². The molecule has 1 fully saturated rings. The first-order valence-corrected chi connectivity index (χ1v) is 8.66. The summed E-state index contributed by atoms with van der Waals surface area (Å²) < 4.78 is 0. The molecule has 2 N–H and O–H groups in total. The molecule has 2 heterocycles. The fraction of sp³-hybridized carbons (Fsp3) is 0.429. The summed E-state index contributed by atoms with van der Waals surface area (Å²) in [5, 5.41) is 20.0. The van der Waals surface area contributed by atoms with Crippen molar-refractivity contribution in [3.63, 3.8) is 0 Å². The largest absolute Gasteiger partial charge is 0.507 e. The number of aliphatic carboxylic acids is 1. The molecule has 1 aromatic carbocycles. The quantitative estimate of drug-likeness (QED) is 0.882. The maximum Gasteiger partial charge on any atom is 0.321 e. The smallest absolute Gasteiger partial charge is 0.321 e. The van der Waals surface area contributed by atoms with Crippen LogP contribution in [-0.2, 0) is 4.79 Å². The SMILES string of the molecule is CN1[C@H](C(=O)O)CS[C@H]1[C@@H]1CSC(c2ccccc2O)=N1. The number of carboxylic acid groups (broad SMARTS) is 1. The number of nitrogens with zero attached hydrogens (tertiary/aromatic N) is 2. The number of aliphatic imine (C=N–C) groups is 1. The summed E-state index contributed by atoms with van der Waals surface area (Å²) in [6.07, 6.45) is 0. The van der Waals surface area contributed by atoms with Crippen LogP contribution in [0.3, 0.4) is 0 Å². The predicted molar refractivity (Wildman–Crippen MR) is 86.3 cm³/mol. The van der Waals surface area contributed by atoms with E-state index in [0.717, 1.165) is 16.4 Å². The number of rotatable bonds is 3. The Bertz CT molecular complexity index is 593. The number of phenolic OH excluding ortho intramolecular Hbond substituents is 1. The minimum Gasteiger partial charge on any atom is -0.507 e. The molecule has 1 aromatic rings. The number of para-hydroxylation sites is 1. The molecule has 0 radical (unpaired) electrons.